The van der Waals surface area contributed by atoms with E-state index < -0.39 is 5.97 Å². The zero-order chi connectivity index (χ0) is 19.8. The quantitative estimate of drug-likeness (QED) is 0.471. The highest BCUT2D eigenvalue weighted by Crippen LogP contribution is 2.36. The normalized spacial score (nSPS) is 11.1. The summed E-state index contributed by atoms with van der Waals surface area (Å²) in [4.78, 5) is 17.0. The van der Waals surface area contributed by atoms with Gasteiger partial charge in [-0.2, -0.15) is 5.10 Å². The molecule has 0 fully saturated rings. The number of fused-ring (bicyclic) bond motifs is 1. The van der Waals surface area contributed by atoms with Gasteiger partial charge < -0.3 is 14.0 Å². The molecular weight excluding hydrogens is 380 g/mol. The Morgan fingerprint density at radius 3 is 2.86 bits per heavy atom. The van der Waals surface area contributed by atoms with E-state index in [0.717, 1.165) is 33.7 Å². The minimum Gasteiger partial charge on any atom is -0.480 e. The van der Waals surface area contributed by atoms with Gasteiger partial charge in [-0.3, -0.25) is 0 Å². The maximum atomic E-state index is 12.2. The zero-order valence-corrected chi connectivity index (χ0v) is 16.7. The molecule has 0 aliphatic heterocycles. The van der Waals surface area contributed by atoms with Crippen molar-refractivity contribution in [2.75, 3.05) is 13.7 Å². The largest absolute Gasteiger partial charge is 0.480 e. The van der Waals surface area contributed by atoms with Crippen LogP contribution >= 0.6 is 11.3 Å². The number of carbonyl (C=O) groups excluding carboxylic acids is 1. The SMILES string of the molecule is CCOC(=O)c1sc(-c2ccn3ncc(-c4c(C)noc4C)c3c2)nc1OC. The Balaban J connectivity index is 1.83. The molecule has 0 aliphatic carbocycles. The van der Waals surface area contributed by atoms with Crippen LogP contribution in [0.1, 0.15) is 28.0 Å². The lowest BCUT2D eigenvalue weighted by Crippen LogP contribution is -2.04. The summed E-state index contributed by atoms with van der Waals surface area (Å²) in [5.41, 5.74) is 4.39. The predicted molar refractivity (Wildman–Crippen MR) is 104 cm³/mol. The lowest BCUT2D eigenvalue weighted by atomic mass is 10.1. The number of hydrogen-bond acceptors (Lipinski definition) is 8. The van der Waals surface area contributed by atoms with Crippen LogP contribution in [0.2, 0.25) is 0 Å². The average molecular weight is 398 g/mol. The number of hydrogen-bond donors (Lipinski definition) is 0. The van der Waals surface area contributed by atoms with E-state index in [9.17, 15) is 4.79 Å². The fourth-order valence-corrected chi connectivity index (χ4v) is 3.99. The van der Waals surface area contributed by atoms with Gasteiger partial charge in [0.15, 0.2) is 4.88 Å². The van der Waals surface area contributed by atoms with E-state index in [2.05, 4.69) is 15.2 Å². The number of esters is 1. The molecule has 0 aromatic carbocycles. The van der Waals surface area contributed by atoms with Crippen molar-refractivity contribution in [1.29, 1.82) is 0 Å². The summed E-state index contributed by atoms with van der Waals surface area (Å²) in [7, 11) is 1.48. The second kappa shape index (κ2) is 7.08. The van der Waals surface area contributed by atoms with Crippen LogP contribution in [0.3, 0.4) is 0 Å². The summed E-state index contributed by atoms with van der Waals surface area (Å²) in [5, 5.41) is 9.11. The highest BCUT2D eigenvalue weighted by molar-refractivity contribution is 7.17. The highest BCUT2D eigenvalue weighted by Gasteiger charge is 2.22. The summed E-state index contributed by atoms with van der Waals surface area (Å²) >= 11 is 1.23. The second-order valence-corrected chi connectivity index (χ2v) is 7.08. The molecule has 4 aromatic heterocycles. The Labute approximate surface area is 164 Å². The van der Waals surface area contributed by atoms with Crippen LogP contribution in [-0.2, 0) is 4.74 Å². The molecule has 0 aliphatic rings. The third-order valence-corrected chi connectivity index (χ3v) is 5.39. The maximum absolute atomic E-state index is 12.2. The number of aromatic nitrogens is 4. The molecule has 0 bridgehead atoms. The Morgan fingerprint density at radius 1 is 1.36 bits per heavy atom. The fraction of sp³-hybridized carbons (Fsp3) is 0.263. The molecule has 9 heteroatoms. The number of thiazole rings is 1. The number of methoxy groups -OCH3 is 1. The average Bonchev–Trinajstić information content (AvgIpc) is 3.38. The molecule has 0 N–H and O–H groups in total. The number of carbonyl (C=O) groups is 1. The number of pyridine rings is 1. The second-order valence-electron chi connectivity index (χ2n) is 6.08. The zero-order valence-electron chi connectivity index (χ0n) is 15.8. The summed E-state index contributed by atoms with van der Waals surface area (Å²) < 4.78 is 17.4. The first-order valence-corrected chi connectivity index (χ1v) is 9.48. The van der Waals surface area contributed by atoms with E-state index in [1.807, 2.05) is 32.2 Å². The molecule has 4 aromatic rings. The van der Waals surface area contributed by atoms with Gasteiger partial charge in [-0.1, -0.05) is 5.16 Å². The van der Waals surface area contributed by atoms with Crippen molar-refractivity contribution < 1.29 is 18.8 Å². The van der Waals surface area contributed by atoms with E-state index in [4.69, 9.17) is 14.0 Å². The first-order chi connectivity index (χ1) is 13.5. The van der Waals surface area contributed by atoms with Crippen molar-refractivity contribution in [3.63, 3.8) is 0 Å². The lowest BCUT2D eigenvalue weighted by Gasteiger charge is -2.01. The third kappa shape index (κ3) is 2.93. The monoisotopic (exact) mass is 398 g/mol. The van der Waals surface area contributed by atoms with Crippen molar-refractivity contribution in [3.05, 3.63) is 40.9 Å². The van der Waals surface area contributed by atoms with Crippen LogP contribution in [0, 0.1) is 13.8 Å². The van der Waals surface area contributed by atoms with Gasteiger partial charge in [0.1, 0.15) is 10.8 Å². The van der Waals surface area contributed by atoms with Gasteiger partial charge in [-0.15, -0.1) is 11.3 Å². The third-order valence-electron chi connectivity index (χ3n) is 4.32. The number of aryl methyl sites for hydroxylation is 2. The first-order valence-electron chi connectivity index (χ1n) is 8.66. The number of ether oxygens (including phenoxy) is 2. The van der Waals surface area contributed by atoms with Crippen LogP contribution in [0.25, 0.3) is 27.2 Å². The summed E-state index contributed by atoms with van der Waals surface area (Å²) in [6.45, 7) is 5.82. The van der Waals surface area contributed by atoms with Crippen molar-refractivity contribution in [1.82, 2.24) is 19.8 Å². The molecule has 0 saturated carbocycles. The van der Waals surface area contributed by atoms with Crippen molar-refractivity contribution in [2.45, 2.75) is 20.8 Å². The van der Waals surface area contributed by atoms with E-state index in [-0.39, 0.29) is 12.5 Å². The van der Waals surface area contributed by atoms with Gasteiger partial charge >= 0.3 is 5.97 Å². The molecule has 28 heavy (non-hydrogen) atoms. The van der Waals surface area contributed by atoms with Gasteiger partial charge in [0.2, 0.25) is 5.88 Å². The molecule has 8 nitrogen and oxygen atoms in total. The Morgan fingerprint density at radius 2 is 2.18 bits per heavy atom. The standard InChI is InChI=1S/C19H18N4O4S/c1-5-26-19(24)16-17(25-4)21-18(28-16)12-6-7-23-14(8-12)13(9-20-23)15-10(2)22-27-11(15)3/h6-9H,5H2,1-4H3. The van der Waals surface area contributed by atoms with E-state index in [0.29, 0.717) is 9.88 Å². The predicted octanol–water partition coefficient (Wildman–Crippen LogP) is 3.91. The summed E-state index contributed by atoms with van der Waals surface area (Å²) in [6, 6.07) is 3.87. The van der Waals surface area contributed by atoms with Crippen molar-refractivity contribution in [2.24, 2.45) is 0 Å². The van der Waals surface area contributed by atoms with Crippen LogP contribution in [0.4, 0.5) is 0 Å². The Bertz CT molecular complexity index is 1150. The maximum Gasteiger partial charge on any atom is 0.354 e. The molecule has 4 heterocycles. The summed E-state index contributed by atoms with van der Waals surface area (Å²) in [5.74, 6) is 0.557. The molecule has 0 saturated heterocycles. The lowest BCUT2D eigenvalue weighted by molar-refractivity contribution is 0.0528. The van der Waals surface area contributed by atoms with E-state index in [1.165, 1.54) is 18.4 Å². The topological polar surface area (TPSA) is 91.8 Å². The minimum absolute atomic E-state index is 0.262. The van der Waals surface area contributed by atoms with Crippen LogP contribution in [0.15, 0.2) is 29.0 Å². The molecule has 0 amide bonds. The van der Waals surface area contributed by atoms with Gasteiger partial charge in [0.25, 0.3) is 0 Å². The molecule has 0 radical (unpaired) electrons. The molecule has 0 atom stereocenters. The fourth-order valence-electron chi connectivity index (χ4n) is 3.07. The van der Waals surface area contributed by atoms with Crippen LogP contribution in [-0.4, -0.2) is 39.4 Å². The molecule has 0 unspecified atom stereocenters. The van der Waals surface area contributed by atoms with Crippen LogP contribution < -0.4 is 4.74 Å². The number of rotatable bonds is 5. The minimum atomic E-state index is -0.440. The molecular formula is C19H18N4O4S. The van der Waals surface area contributed by atoms with Gasteiger partial charge in [0.05, 0.1) is 36.7 Å². The first kappa shape index (κ1) is 18.2. The van der Waals surface area contributed by atoms with E-state index in [1.54, 1.807) is 17.6 Å². The van der Waals surface area contributed by atoms with Crippen LogP contribution in [0.5, 0.6) is 5.88 Å². The molecule has 0 spiro atoms. The Kier molecular flexibility index (Phi) is 4.60. The summed E-state index contributed by atoms with van der Waals surface area (Å²) in [6.07, 6.45) is 3.64. The molecule has 4 rings (SSSR count). The molecule has 144 valence electrons. The van der Waals surface area contributed by atoms with E-state index >= 15 is 0 Å². The highest BCUT2D eigenvalue weighted by atomic mass is 32.1. The van der Waals surface area contributed by atoms with Gasteiger partial charge in [-0.05, 0) is 32.9 Å². The van der Waals surface area contributed by atoms with Gasteiger partial charge in [-0.25, -0.2) is 14.3 Å². The smallest absolute Gasteiger partial charge is 0.354 e. The van der Waals surface area contributed by atoms with Crippen molar-refractivity contribution in [3.8, 4) is 27.6 Å². The Hall–Kier alpha value is -3.20. The number of nitrogens with zero attached hydrogens (tertiary/aromatic N) is 4. The van der Waals surface area contributed by atoms with Gasteiger partial charge in [0, 0.05) is 17.3 Å². The van der Waals surface area contributed by atoms with Crippen molar-refractivity contribution >= 4 is 22.8 Å².